The van der Waals surface area contributed by atoms with Crippen molar-refractivity contribution in [3.05, 3.63) is 23.5 Å². The third-order valence-electron chi connectivity index (χ3n) is 1.07. The van der Waals surface area contributed by atoms with Gasteiger partial charge in [0, 0.05) is 6.54 Å². The molecule has 0 saturated carbocycles. The highest BCUT2D eigenvalue weighted by molar-refractivity contribution is 5.18. The monoisotopic (exact) mass is 127 g/mol. The predicted octanol–water partition coefficient (Wildman–Crippen LogP) is 1.35. The van der Waals surface area contributed by atoms with E-state index in [-0.39, 0.29) is 0 Å². The van der Waals surface area contributed by atoms with Gasteiger partial charge in [0.05, 0.1) is 5.76 Å². The molecule has 0 rings (SSSR count). The molecule has 0 atom stereocenters. The van der Waals surface area contributed by atoms with Gasteiger partial charge in [0.25, 0.3) is 0 Å². The molecule has 0 radical (unpaired) electrons. The maximum Gasteiger partial charge on any atom is 0.0920 e. The normalized spacial score (nSPS) is 14.1. The first-order valence-corrected chi connectivity index (χ1v) is 2.91. The Morgan fingerprint density at radius 1 is 1.56 bits per heavy atom. The maximum absolute atomic E-state index is 8.84. The Labute approximate surface area is 55.7 Å². The van der Waals surface area contributed by atoms with E-state index in [4.69, 9.17) is 10.8 Å². The van der Waals surface area contributed by atoms with Gasteiger partial charge in [0.1, 0.15) is 0 Å². The Morgan fingerprint density at radius 3 is 2.44 bits per heavy atom. The van der Waals surface area contributed by atoms with E-state index >= 15 is 0 Å². The average Bonchev–Trinajstić information content (AvgIpc) is 1.82. The molecule has 3 N–H and O–H groups in total. The van der Waals surface area contributed by atoms with Crippen LogP contribution in [0.15, 0.2) is 23.5 Å². The van der Waals surface area contributed by atoms with Crippen molar-refractivity contribution in [2.75, 3.05) is 6.54 Å². The molecular formula is C7H13NO. The van der Waals surface area contributed by atoms with E-state index in [1.807, 2.05) is 6.92 Å². The first-order chi connectivity index (χ1) is 4.18. The summed E-state index contributed by atoms with van der Waals surface area (Å²) in [7, 11) is 0. The van der Waals surface area contributed by atoms with Gasteiger partial charge in [-0.15, -0.1) is 0 Å². The smallest absolute Gasteiger partial charge is 0.0920 e. The molecule has 9 heavy (non-hydrogen) atoms. The van der Waals surface area contributed by atoms with Crippen molar-refractivity contribution in [1.29, 1.82) is 0 Å². The highest BCUT2D eigenvalue weighted by atomic mass is 16.3. The van der Waals surface area contributed by atoms with Crippen LogP contribution in [0, 0.1) is 0 Å². The lowest BCUT2D eigenvalue weighted by Gasteiger charge is -1.91. The molecule has 0 aromatic rings. The minimum atomic E-state index is 0.347. The quantitative estimate of drug-likeness (QED) is 0.434. The number of hydrogen-bond acceptors (Lipinski definition) is 2. The first kappa shape index (κ1) is 8.24. The SMILES string of the molecule is C/C(O)=C(C)/C=C/CN. The van der Waals surface area contributed by atoms with E-state index in [1.54, 1.807) is 19.1 Å². The van der Waals surface area contributed by atoms with E-state index in [1.165, 1.54) is 0 Å². The first-order valence-electron chi connectivity index (χ1n) is 2.91. The minimum absolute atomic E-state index is 0.347. The van der Waals surface area contributed by atoms with Gasteiger partial charge in [-0.2, -0.15) is 0 Å². The number of nitrogens with two attached hydrogens (primary N) is 1. The molecule has 0 bridgehead atoms. The molecule has 0 aromatic carbocycles. The maximum atomic E-state index is 8.84. The molecule has 0 spiro atoms. The standard InChI is InChI=1S/C7H13NO/c1-6(7(2)9)4-3-5-8/h3-4,9H,5,8H2,1-2H3/b4-3+,7-6-. The van der Waals surface area contributed by atoms with E-state index in [0.29, 0.717) is 12.3 Å². The van der Waals surface area contributed by atoms with Crippen molar-refractivity contribution in [3.8, 4) is 0 Å². The van der Waals surface area contributed by atoms with Gasteiger partial charge in [0.15, 0.2) is 0 Å². The topological polar surface area (TPSA) is 46.2 Å². The van der Waals surface area contributed by atoms with Crippen LogP contribution in [-0.2, 0) is 0 Å². The fourth-order valence-corrected chi connectivity index (χ4v) is 0.365. The second-order valence-corrected chi connectivity index (χ2v) is 1.91. The molecule has 0 saturated heterocycles. The number of hydrogen-bond donors (Lipinski definition) is 2. The lowest BCUT2D eigenvalue weighted by Crippen LogP contribution is -1.92. The van der Waals surface area contributed by atoms with Crippen molar-refractivity contribution in [2.45, 2.75) is 13.8 Å². The van der Waals surface area contributed by atoms with Crippen molar-refractivity contribution in [3.63, 3.8) is 0 Å². The van der Waals surface area contributed by atoms with Gasteiger partial charge in [-0.05, 0) is 19.4 Å². The summed E-state index contributed by atoms with van der Waals surface area (Å²) in [5.41, 5.74) is 6.05. The van der Waals surface area contributed by atoms with Crippen LogP contribution < -0.4 is 5.73 Å². The lowest BCUT2D eigenvalue weighted by molar-refractivity contribution is 0.409. The Balaban J connectivity index is 3.91. The molecule has 0 aliphatic carbocycles. The van der Waals surface area contributed by atoms with E-state index in [0.717, 1.165) is 5.57 Å². The summed E-state index contributed by atoms with van der Waals surface area (Å²) in [4.78, 5) is 0. The van der Waals surface area contributed by atoms with E-state index in [2.05, 4.69) is 0 Å². The van der Waals surface area contributed by atoms with Crippen LogP contribution in [0.1, 0.15) is 13.8 Å². The van der Waals surface area contributed by atoms with Crippen molar-refractivity contribution < 1.29 is 5.11 Å². The zero-order valence-electron chi connectivity index (χ0n) is 5.89. The highest BCUT2D eigenvalue weighted by Crippen LogP contribution is 1.99. The van der Waals surface area contributed by atoms with Crippen LogP contribution >= 0.6 is 0 Å². The van der Waals surface area contributed by atoms with Gasteiger partial charge in [0.2, 0.25) is 0 Å². The Hall–Kier alpha value is -0.760. The molecule has 0 fully saturated rings. The van der Waals surface area contributed by atoms with Crippen LogP contribution in [-0.4, -0.2) is 11.7 Å². The van der Waals surface area contributed by atoms with Gasteiger partial charge in [-0.3, -0.25) is 0 Å². The number of aliphatic hydroxyl groups excluding tert-OH is 1. The second-order valence-electron chi connectivity index (χ2n) is 1.91. The molecule has 0 aliphatic heterocycles. The van der Waals surface area contributed by atoms with Gasteiger partial charge in [-0.25, -0.2) is 0 Å². The van der Waals surface area contributed by atoms with Crippen molar-refractivity contribution in [1.82, 2.24) is 0 Å². The molecule has 52 valence electrons. The molecule has 0 heterocycles. The largest absolute Gasteiger partial charge is 0.512 e. The molecule has 0 aliphatic rings. The molecule has 2 nitrogen and oxygen atoms in total. The van der Waals surface area contributed by atoms with E-state index < -0.39 is 0 Å². The van der Waals surface area contributed by atoms with Gasteiger partial charge < -0.3 is 10.8 Å². The molecular weight excluding hydrogens is 114 g/mol. The van der Waals surface area contributed by atoms with Gasteiger partial charge >= 0.3 is 0 Å². The summed E-state index contributed by atoms with van der Waals surface area (Å²) in [6, 6.07) is 0. The molecule has 0 unspecified atom stereocenters. The third kappa shape index (κ3) is 3.79. The Morgan fingerprint density at radius 2 is 2.11 bits per heavy atom. The summed E-state index contributed by atoms with van der Waals surface area (Å²) in [6.45, 7) is 4.00. The fraction of sp³-hybridized carbons (Fsp3) is 0.429. The number of rotatable bonds is 2. The van der Waals surface area contributed by atoms with Crippen LogP contribution in [0.2, 0.25) is 0 Å². The molecule has 0 aromatic heterocycles. The number of aliphatic hydroxyl groups is 1. The number of allylic oxidation sites excluding steroid dienone is 3. The summed E-state index contributed by atoms with van der Waals surface area (Å²) in [5, 5.41) is 8.84. The Kier molecular flexibility index (Phi) is 3.80. The van der Waals surface area contributed by atoms with Crippen LogP contribution in [0.5, 0.6) is 0 Å². The van der Waals surface area contributed by atoms with Crippen LogP contribution in [0.3, 0.4) is 0 Å². The fourth-order valence-electron chi connectivity index (χ4n) is 0.365. The van der Waals surface area contributed by atoms with Crippen molar-refractivity contribution in [2.24, 2.45) is 5.73 Å². The molecule has 0 amide bonds. The van der Waals surface area contributed by atoms with Crippen LogP contribution in [0.25, 0.3) is 0 Å². The predicted molar refractivity (Wildman–Crippen MR) is 39.2 cm³/mol. The minimum Gasteiger partial charge on any atom is -0.512 e. The van der Waals surface area contributed by atoms with Gasteiger partial charge in [-0.1, -0.05) is 12.2 Å². The lowest BCUT2D eigenvalue weighted by atomic mass is 10.2. The average molecular weight is 127 g/mol. The summed E-state index contributed by atoms with van der Waals surface area (Å²) < 4.78 is 0. The third-order valence-corrected chi connectivity index (χ3v) is 1.07. The summed E-state index contributed by atoms with van der Waals surface area (Å²) in [6.07, 6.45) is 3.60. The zero-order chi connectivity index (χ0) is 7.28. The Bertz CT molecular complexity index is 132. The van der Waals surface area contributed by atoms with Crippen LogP contribution in [0.4, 0.5) is 0 Å². The zero-order valence-corrected chi connectivity index (χ0v) is 5.89. The summed E-state index contributed by atoms with van der Waals surface area (Å²) >= 11 is 0. The second kappa shape index (κ2) is 4.15. The highest BCUT2D eigenvalue weighted by Gasteiger charge is 1.84. The molecule has 2 heteroatoms. The summed E-state index contributed by atoms with van der Waals surface area (Å²) in [5.74, 6) is 0.347. The van der Waals surface area contributed by atoms with Crippen molar-refractivity contribution >= 4 is 0 Å². The van der Waals surface area contributed by atoms with E-state index in [9.17, 15) is 0 Å².